The summed E-state index contributed by atoms with van der Waals surface area (Å²) in [7, 11) is 0. The lowest BCUT2D eigenvalue weighted by molar-refractivity contribution is -0.121. The van der Waals surface area contributed by atoms with Crippen molar-refractivity contribution in [3.8, 4) is 5.75 Å². The standard InChI is InChI=1S/C31H38N2O2/c1-2-3-18-28(27-17-9-10-19-29(27)33-21-12-5-13-22-33)32-31(34)23-26-16-8-11-20-30(26)35-24-25-14-6-4-7-15-25/h4,6-11,14-17,19-20,28H,2-3,5,12-13,18,21-24H2,1H3,(H,32,34). The number of amides is 1. The third-order valence-electron chi connectivity index (χ3n) is 6.75. The predicted octanol–water partition coefficient (Wildman–Crippen LogP) is 6.85. The zero-order chi connectivity index (χ0) is 24.3. The lowest BCUT2D eigenvalue weighted by Crippen LogP contribution is -2.34. The molecule has 4 heteroatoms. The molecule has 184 valence electrons. The second kappa shape index (κ2) is 13.0. The Labute approximate surface area is 210 Å². The fourth-order valence-corrected chi connectivity index (χ4v) is 4.86. The molecule has 0 radical (unpaired) electrons. The summed E-state index contributed by atoms with van der Waals surface area (Å²) in [4.78, 5) is 15.8. The maximum atomic E-state index is 13.3. The number of piperidine rings is 1. The molecule has 1 saturated heterocycles. The molecule has 1 amide bonds. The van der Waals surface area contributed by atoms with Gasteiger partial charge in [-0.1, -0.05) is 86.5 Å². The number of carbonyl (C=O) groups is 1. The van der Waals surface area contributed by atoms with Gasteiger partial charge >= 0.3 is 0 Å². The third kappa shape index (κ3) is 7.11. The van der Waals surface area contributed by atoms with Crippen molar-refractivity contribution in [1.82, 2.24) is 5.32 Å². The van der Waals surface area contributed by atoms with Gasteiger partial charge in [0.15, 0.2) is 0 Å². The largest absolute Gasteiger partial charge is 0.489 e. The van der Waals surface area contributed by atoms with Crippen molar-refractivity contribution in [2.24, 2.45) is 0 Å². The van der Waals surface area contributed by atoms with Gasteiger partial charge in [-0.05, 0) is 48.9 Å². The van der Waals surface area contributed by atoms with E-state index >= 15 is 0 Å². The van der Waals surface area contributed by atoms with Gasteiger partial charge in [0.1, 0.15) is 12.4 Å². The molecule has 0 aromatic heterocycles. The molecule has 1 heterocycles. The number of nitrogens with zero attached hydrogens (tertiary/aromatic N) is 1. The van der Waals surface area contributed by atoms with Crippen molar-refractivity contribution in [3.05, 3.63) is 95.6 Å². The highest BCUT2D eigenvalue weighted by molar-refractivity contribution is 5.80. The van der Waals surface area contributed by atoms with Gasteiger partial charge in [0, 0.05) is 24.3 Å². The van der Waals surface area contributed by atoms with E-state index < -0.39 is 0 Å². The Kier molecular flexibility index (Phi) is 9.22. The summed E-state index contributed by atoms with van der Waals surface area (Å²) < 4.78 is 6.09. The van der Waals surface area contributed by atoms with Crippen LogP contribution >= 0.6 is 0 Å². The van der Waals surface area contributed by atoms with Crippen molar-refractivity contribution in [1.29, 1.82) is 0 Å². The van der Waals surface area contributed by atoms with Crippen molar-refractivity contribution in [3.63, 3.8) is 0 Å². The Morgan fingerprint density at radius 3 is 2.43 bits per heavy atom. The van der Waals surface area contributed by atoms with Gasteiger partial charge in [-0.3, -0.25) is 4.79 Å². The molecule has 0 saturated carbocycles. The van der Waals surface area contributed by atoms with Crippen LogP contribution in [0.4, 0.5) is 5.69 Å². The van der Waals surface area contributed by atoms with Crippen molar-refractivity contribution in [2.45, 2.75) is 64.5 Å². The van der Waals surface area contributed by atoms with Gasteiger partial charge in [0.25, 0.3) is 0 Å². The van der Waals surface area contributed by atoms with E-state index in [2.05, 4.69) is 41.4 Å². The minimum absolute atomic E-state index is 0.0120. The fraction of sp³-hybridized carbons (Fsp3) is 0.387. The molecule has 3 aromatic rings. The van der Waals surface area contributed by atoms with Crippen LogP contribution in [0.5, 0.6) is 5.75 Å². The molecule has 0 spiro atoms. The van der Waals surface area contributed by atoms with E-state index in [0.29, 0.717) is 13.0 Å². The van der Waals surface area contributed by atoms with Crippen LogP contribution in [0.2, 0.25) is 0 Å². The van der Waals surface area contributed by atoms with Crippen molar-refractivity contribution >= 4 is 11.6 Å². The number of carbonyl (C=O) groups excluding carboxylic acids is 1. The highest BCUT2D eigenvalue weighted by Gasteiger charge is 2.22. The van der Waals surface area contributed by atoms with Gasteiger partial charge in [0.05, 0.1) is 12.5 Å². The van der Waals surface area contributed by atoms with Crippen LogP contribution in [0.3, 0.4) is 0 Å². The van der Waals surface area contributed by atoms with Crippen LogP contribution in [0.1, 0.15) is 68.2 Å². The number of rotatable bonds is 11. The first-order valence-corrected chi connectivity index (χ1v) is 13.1. The van der Waals surface area contributed by atoms with Gasteiger partial charge < -0.3 is 15.0 Å². The quantitative estimate of drug-likeness (QED) is 0.333. The van der Waals surface area contributed by atoms with Gasteiger partial charge in [-0.25, -0.2) is 0 Å². The summed E-state index contributed by atoms with van der Waals surface area (Å²) >= 11 is 0. The zero-order valence-corrected chi connectivity index (χ0v) is 20.9. The van der Waals surface area contributed by atoms with Gasteiger partial charge in [-0.2, -0.15) is 0 Å². The summed E-state index contributed by atoms with van der Waals surface area (Å²) in [5, 5.41) is 3.38. The van der Waals surface area contributed by atoms with E-state index in [1.165, 1.54) is 30.5 Å². The second-order valence-corrected chi connectivity index (χ2v) is 9.43. The van der Waals surface area contributed by atoms with Crippen molar-refractivity contribution < 1.29 is 9.53 Å². The number of nitrogens with one attached hydrogen (secondary N) is 1. The first kappa shape index (κ1) is 24.8. The molecule has 0 bridgehead atoms. The molecule has 3 aromatic carbocycles. The van der Waals surface area contributed by atoms with Gasteiger partial charge in [0.2, 0.25) is 5.91 Å². The maximum absolute atomic E-state index is 13.3. The number of para-hydroxylation sites is 2. The molecule has 1 atom stereocenters. The van der Waals surface area contributed by atoms with Crippen LogP contribution in [-0.4, -0.2) is 19.0 Å². The molecule has 1 aliphatic heterocycles. The summed E-state index contributed by atoms with van der Waals surface area (Å²) in [6.07, 6.45) is 7.21. The van der Waals surface area contributed by atoms with Crippen LogP contribution < -0.4 is 15.0 Å². The fourth-order valence-electron chi connectivity index (χ4n) is 4.86. The van der Waals surface area contributed by atoms with Crippen molar-refractivity contribution in [2.75, 3.05) is 18.0 Å². The molecule has 0 aliphatic carbocycles. The minimum atomic E-state index is 0.0120. The maximum Gasteiger partial charge on any atom is 0.225 e. The molecule has 1 fully saturated rings. The zero-order valence-electron chi connectivity index (χ0n) is 20.9. The molecule has 1 N–H and O–H groups in total. The summed E-state index contributed by atoms with van der Waals surface area (Å²) in [6, 6.07) is 26.6. The normalized spacial score (nSPS) is 14.4. The highest BCUT2D eigenvalue weighted by Crippen LogP contribution is 2.31. The molecular formula is C31H38N2O2. The van der Waals surface area contributed by atoms with Crippen LogP contribution in [-0.2, 0) is 17.8 Å². The first-order chi connectivity index (χ1) is 17.2. The molecule has 4 rings (SSSR count). The Bertz CT molecular complexity index is 1060. The number of hydrogen-bond acceptors (Lipinski definition) is 3. The van der Waals surface area contributed by atoms with E-state index in [1.54, 1.807) is 0 Å². The Morgan fingerprint density at radius 1 is 0.914 bits per heavy atom. The second-order valence-electron chi connectivity index (χ2n) is 9.43. The smallest absolute Gasteiger partial charge is 0.225 e. The summed E-state index contributed by atoms with van der Waals surface area (Å²) in [5.41, 5.74) is 4.55. The van der Waals surface area contributed by atoms with Gasteiger partial charge in [-0.15, -0.1) is 0 Å². The molecule has 1 unspecified atom stereocenters. The third-order valence-corrected chi connectivity index (χ3v) is 6.75. The Morgan fingerprint density at radius 2 is 1.63 bits per heavy atom. The van der Waals surface area contributed by atoms with E-state index in [9.17, 15) is 4.79 Å². The number of unbranched alkanes of at least 4 members (excludes halogenated alkanes) is 1. The molecule has 4 nitrogen and oxygen atoms in total. The lowest BCUT2D eigenvalue weighted by atomic mass is 9.97. The average molecular weight is 471 g/mol. The van der Waals surface area contributed by atoms with Crippen LogP contribution in [0, 0.1) is 0 Å². The minimum Gasteiger partial charge on any atom is -0.489 e. The topological polar surface area (TPSA) is 41.6 Å². The van der Waals surface area contributed by atoms with E-state index in [1.807, 2.05) is 54.6 Å². The molecule has 1 aliphatic rings. The number of benzene rings is 3. The van der Waals surface area contributed by atoms with Crippen LogP contribution in [0.15, 0.2) is 78.9 Å². The summed E-state index contributed by atoms with van der Waals surface area (Å²) in [6.45, 7) is 4.88. The number of ether oxygens (including phenoxy) is 1. The monoisotopic (exact) mass is 470 g/mol. The predicted molar refractivity (Wildman–Crippen MR) is 144 cm³/mol. The average Bonchev–Trinajstić information content (AvgIpc) is 2.91. The molecule has 35 heavy (non-hydrogen) atoms. The lowest BCUT2D eigenvalue weighted by Gasteiger charge is -2.33. The first-order valence-electron chi connectivity index (χ1n) is 13.1. The Hall–Kier alpha value is -3.27. The van der Waals surface area contributed by atoms with E-state index in [4.69, 9.17) is 4.74 Å². The number of anilines is 1. The SMILES string of the molecule is CCCCC(NC(=O)Cc1ccccc1OCc1ccccc1)c1ccccc1N1CCCCC1. The summed E-state index contributed by atoms with van der Waals surface area (Å²) in [5.74, 6) is 0.806. The highest BCUT2D eigenvalue weighted by atomic mass is 16.5. The molecular weight excluding hydrogens is 432 g/mol. The van der Waals surface area contributed by atoms with E-state index in [0.717, 1.165) is 49.2 Å². The van der Waals surface area contributed by atoms with Crippen LogP contribution in [0.25, 0.3) is 0 Å². The van der Waals surface area contributed by atoms with E-state index in [-0.39, 0.29) is 11.9 Å². The number of hydrogen-bond donors (Lipinski definition) is 1. The Balaban J connectivity index is 1.47.